The van der Waals surface area contributed by atoms with Gasteiger partial charge in [-0.25, -0.2) is 4.98 Å². The lowest BCUT2D eigenvalue weighted by atomic mass is 10.1. The molecule has 0 unspecified atom stereocenters. The summed E-state index contributed by atoms with van der Waals surface area (Å²) in [6.07, 6.45) is 4.43. The van der Waals surface area contributed by atoms with E-state index in [0.29, 0.717) is 10.6 Å². The SMILES string of the molecule is COc1ccc(Cc2cnc(NCCSCc3ncccc3C)[nH]c2=S)cc1. The summed E-state index contributed by atoms with van der Waals surface area (Å²) in [5, 5.41) is 3.30. The first kappa shape index (κ1) is 20.4. The first-order valence-corrected chi connectivity index (χ1v) is 10.7. The summed E-state index contributed by atoms with van der Waals surface area (Å²) in [6, 6.07) is 12.1. The molecule has 28 heavy (non-hydrogen) atoms. The van der Waals surface area contributed by atoms with Crippen molar-refractivity contribution in [2.75, 3.05) is 24.7 Å². The average molecular weight is 413 g/mol. The summed E-state index contributed by atoms with van der Waals surface area (Å²) < 4.78 is 5.91. The van der Waals surface area contributed by atoms with Gasteiger partial charge in [-0.15, -0.1) is 0 Å². The summed E-state index contributed by atoms with van der Waals surface area (Å²) in [6.45, 7) is 2.91. The number of hydrogen-bond acceptors (Lipinski definition) is 6. The standard InChI is InChI=1S/C21H24N4OS2/c1-15-4-3-9-22-19(15)14-28-11-10-23-21-24-13-17(20(27)25-21)12-16-5-7-18(26-2)8-6-16/h3-9,13H,10-12,14H2,1-2H3,(H2,23,24,25,27). The second kappa shape index (κ2) is 10.2. The summed E-state index contributed by atoms with van der Waals surface area (Å²) in [7, 11) is 1.67. The van der Waals surface area contributed by atoms with Crippen molar-refractivity contribution in [1.82, 2.24) is 15.0 Å². The number of aromatic nitrogens is 3. The fraction of sp³-hybridized carbons (Fsp3) is 0.286. The Morgan fingerprint density at radius 1 is 1.18 bits per heavy atom. The second-order valence-corrected chi connectivity index (χ2v) is 7.87. The van der Waals surface area contributed by atoms with Crippen LogP contribution in [0.25, 0.3) is 0 Å². The number of methoxy groups -OCH3 is 1. The molecule has 5 nitrogen and oxygen atoms in total. The molecular formula is C21H24N4OS2. The molecule has 0 saturated heterocycles. The van der Waals surface area contributed by atoms with E-state index in [1.807, 2.05) is 54.5 Å². The maximum Gasteiger partial charge on any atom is 0.201 e. The molecule has 0 bridgehead atoms. The van der Waals surface area contributed by atoms with E-state index in [1.54, 1.807) is 7.11 Å². The normalized spacial score (nSPS) is 10.6. The topological polar surface area (TPSA) is 62.8 Å². The number of aryl methyl sites for hydroxylation is 1. The molecule has 2 heterocycles. The minimum absolute atomic E-state index is 0.707. The van der Waals surface area contributed by atoms with Crippen molar-refractivity contribution < 1.29 is 4.74 Å². The molecule has 0 atom stereocenters. The number of ether oxygens (including phenoxy) is 1. The Morgan fingerprint density at radius 2 is 2.00 bits per heavy atom. The third-order valence-corrected chi connectivity index (χ3v) is 5.66. The van der Waals surface area contributed by atoms with Crippen molar-refractivity contribution in [2.45, 2.75) is 19.1 Å². The first-order chi connectivity index (χ1) is 13.7. The van der Waals surface area contributed by atoms with Crippen LogP contribution in [0.2, 0.25) is 0 Å². The van der Waals surface area contributed by atoms with Gasteiger partial charge in [-0.3, -0.25) is 4.98 Å². The van der Waals surface area contributed by atoms with E-state index in [2.05, 4.69) is 33.3 Å². The van der Waals surface area contributed by atoms with Crippen LogP contribution >= 0.6 is 24.0 Å². The maximum absolute atomic E-state index is 5.49. The molecule has 3 aromatic rings. The van der Waals surface area contributed by atoms with Gasteiger partial charge in [0.25, 0.3) is 0 Å². The predicted octanol–water partition coefficient (Wildman–Crippen LogP) is 4.79. The molecule has 0 fully saturated rings. The van der Waals surface area contributed by atoms with Crippen LogP contribution in [0, 0.1) is 11.6 Å². The number of anilines is 1. The number of thioether (sulfide) groups is 1. The number of H-pyrrole nitrogens is 1. The van der Waals surface area contributed by atoms with E-state index in [1.165, 1.54) is 11.1 Å². The maximum atomic E-state index is 5.49. The summed E-state index contributed by atoms with van der Waals surface area (Å²) in [5.41, 5.74) is 4.56. The van der Waals surface area contributed by atoms with E-state index in [9.17, 15) is 0 Å². The lowest BCUT2D eigenvalue weighted by Crippen LogP contribution is -2.08. The van der Waals surface area contributed by atoms with Gasteiger partial charge in [-0.05, 0) is 36.2 Å². The Balaban J connectivity index is 1.47. The van der Waals surface area contributed by atoms with Gasteiger partial charge in [0, 0.05) is 42.4 Å². The molecule has 0 aliphatic carbocycles. The number of benzene rings is 1. The van der Waals surface area contributed by atoms with Crippen molar-refractivity contribution in [3.05, 3.63) is 75.8 Å². The fourth-order valence-corrected chi connectivity index (χ4v) is 3.79. The second-order valence-electron chi connectivity index (χ2n) is 6.36. The number of pyridine rings is 1. The fourth-order valence-electron chi connectivity index (χ4n) is 2.68. The van der Waals surface area contributed by atoms with Crippen LogP contribution in [0.3, 0.4) is 0 Å². The molecule has 0 radical (unpaired) electrons. The lowest BCUT2D eigenvalue weighted by Gasteiger charge is -2.08. The Hall–Kier alpha value is -2.38. The Labute approximate surface area is 175 Å². The van der Waals surface area contributed by atoms with Crippen LogP contribution in [-0.2, 0) is 12.2 Å². The highest BCUT2D eigenvalue weighted by molar-refractivity contribution is 7.98. The van der Waals surface area contributed by atoms with E-state index in [-0.39, 0.29) is 0 Å². The monoisotopic (exact) mass is 412 g/mol. The van der Waals surface area contributed by atoms with Crippen molar-refractivity contribution in [3.8, 4) is 5.75 Å². The third kappa shape index (κ3) is 5.81. The molecule has 2 N–H and O–H groups in total. The van der Waals surface area contributed by atoms with Crippen molar-refractivity contribution >= 4 is 29.9 Å². The van der Waals surface area contributed by atoms with Crippen LogP contribution < -0.4 is 10.1 Å². The number of aromatic amines is 1. The van der Waals surface area contributed by atoms with Gasteiger partial charge in [0.2, 0.25) is 5.95 Å². The zero-order valence-electron chi connectivity index (χ0n) is 16.1. The number of hydrogen-bond donors (Lipinski definition) is 2. The molecule has 7 heteroatoms. The zero-order valence-corrected chi connectivity index (χ0v) is 17.7. The largest absolute Gasteiger partial charge is 0.497 e. The van der Waals surface area contributed by atoms with E-state index >= 15 is 0 Å². The molecule has 1 aromatic carbocycles. The van der Waals surface area contributed by atoms with Crippen LogP contribution in [0.4, 0.5) is 5.95 Å². The summed E-state index contributed by atoms with van der Waals surface area (Å²) in [4.78, 5) is 12.1. The molecule has 0 aliphatic rings. The van der Waals surface area contributed by atoms with Crippen LogP contribution in [0.15, 0.2) is 48.8 Å². The minimum Gasteiger partial charge on any atom is -0.497 e. The number of nitrogens with zero attached hydrogens (tertiary/aromatic N) is 2. The predicted molar refractivity (Wildman–Crippen MR) is 119 cm³/mol. The Bertz CT molecular complexity index is 957. The van der Waals surface area contributed by atoms with Gasteiger partial charge in [-0.2, -0.15) is 11.8 Å². The van der Waals surface area contributed by atoms with Crippen molar-refractivity contribution in [1.29, 1.82) is 0 Å². The highest BCUT2D eigenvalue weighted by Crippen LogP contribution is 2.16. The Morgan fingerprint density at radius 3 is 2.71 bits per heavy atom. The number of nitrogens with one attached hydrogen (secondary N) is 2. The highest BCUT2D eigenvalue weighted by Gasteiger charge is 2.03. The third-order valence-electron chi connectivity index (χ3n) is 4.32. The molecule has 0 spiro atoms. The van der Waals surface area contributed by atoms with Gasteiger partial charge in [0.05, 0.1) is 12.8 Å². The van der Waals surface area contributed by atoms with E-state index in [0.717, 1.165) is 41.5 Å². The quantitative estimate of drug-likeness (QED) is 0.389. The van der Waals surface area contributed by atoms with Crippen LogP contribution in [0.1, 0.15) is 22.4 Å². The Kier molecular flexibility index (Phi) is 7.45. The van der Waals surface area contributed by atoms with Crippen LogP contribution in [-0.4, -0.2) is 34.4 Å². The van der Waals surface area contributed by atoms with Gasteiger partial charge < -0.3 is 15.0 Å². The molecule has 2 aromatic heterocycles. The average Bonchev–Trinajstić information content (AvgIpc) is 2.71. The molecule has 0 amide bonds. The molecule has 0 saturated carbocycles. The highest BCUT2D eigenvalue weighted by atomic mass is 32.2. The summed E-state index contributed by atoms with van der Waals surface area (Å²) >= 11 is 7.34. The van der Waals surface area contributed by atoms with Gasteiger partial charge in [0.15, 0.2) is 0 Å². The molecule has 3 rings (SSSR count). The zero-order chi connectivity index (χ0) is 19.8. The van der Waals surface area contributed by atoms with Crippen molar-refractivity contribution in [2.24, 2.45) is 0 Å². The molecule has 146 valence electrons. The van der Waals surface area contributed by atoms with E-state index < -0.39 is 0 Å². The van der Waals surface area contributed by atoms with Gasteiger partial charge >= 0.3 is 0 Å². The van der Waals surface area contributed by atoms with Gasteiger partial charge in [0.1, 0.15) is 10.4 Å². The van der Waals surface area contributed by atoms with Crippen molar-refractivity contribution in [3.63, 3.8) is 0 Å². The minimum atomic E-state index is 0.707. The van der Waals surface area contributed by atoms with E-state index in [4.69, 9.17) is 17.0 Å². The number of rotatable bonds is 9. The molecular weight excluding hydrogens is 388 g/mol. The smallest absolute Gasteiger partial charge is 0.201 e. The first-order valence-electron chi connectivity index (χ1n) is 9.09. The lowest BCUT2D eigenvalue weighted by molar-refractivity contribution is 0.414. The molecule has 0 aliphatic heterocycles. The van der Waals surface area contributed by atoms with Gasteiger partial charge in [-0.1, -0.05) is 30.4 Å². The van der Waals surface area contributed by atoms with Crippen LogP contribution in [0.5, 0.6) is 5.75 Å². The summed E-state index contributed by atoms with van der Waals surface area (Å²) in [5.74, 6) is 3.44.